The summed E-state index contributed by atoms with van der Waals surface area (Å²) in [6, 6.07) is 7.98. The molecule has 0 spiro atoms. The molecular weight excluding hydrogens is 232 g/mol. The molecule has 1 aliphatic rings. The molecule has 0 bridgehead atoms. The lowest BCUT2D eigenvalue weighted by Gasteiger charge is -2.06. The summed E-state index contributed by atoms with van der Waals surface area (Å²) < 4.78 is 0. The Morgan fingerprint density at radius 2 is 1.94 bits per heavy atom. The molecule has 1 aromatic rings. The molecule has 1 aromatic carbocycles. The van der Waals surface area contributed by atoms with Gasteiger partial charge in [0.25, 0.3) is 5.91 Å². The van der Waals surface area contributed by atoms with Gasteiger partial charge in [-0.1, -0.05) is 0 Å². The minimum Gasteiger partial charge on any atom is -0.352 e. The summed E-state index contributed by atoms with van der Waals surface area (Å²) in [6.07, 6.45) is 3.60. The Labute approximate surface area is 107 Å². The SMILES string of the molecule is O=C(NCCCNC1CC1)c1ccc(S)cc1. The largest absolute Gasteiger partial charge is 0.352 e. The van der Waals surface area contributed by atoms with E-state index in [9.17, 15) is 4.79 Å². The van der Waals surface area contributed by atoms with Crippen LogP contribution in [0.3, 0.4) is 0 Å². The lowest BCUT2D eigenvalue weighted by atomic mass is 10.2. The molecule has 0 aromatic heterocycles. The highest BCUT2D eigenvalue weighted by Crippen LogP contribution is 2.18. The molecule has 0 radical (unpaired) electrons. The first-order valence-electron chi connectivity index (χ1n) is 6.06. The van der Waals surface area contributed by atoms with Gasteiger partial charge in [0.1, 0.15) is 0 Å². The summed E-state index contributed by atoms with van der Waals surface area (Å²) in [5.74, 6) is -0.00949. The molecule has 1 saturated carbocycles. The second kappa shape index (κ2) is 6.07. The van der Waals surface area contributed by atoms with E-state index in [1.54, 1.807) is 12.1 Å². The predicted molar refractivity (Wildman–Crippen MR) is 71.7 cm³/mol. The first-order chi connectivity index (χ1) is 8.25. The molecule has 17 heavy (non-hydrogen) atoms. The third kappa shape index (κ3) is 4.40. The summed E-state index contributed by atoms with van der Waals surface area (Å²) in [5, 5.41) is 6.32. The van der Waals surface area contributed by atoms with Crippen molar-refractivity contribution in [2.45, 2.75) is 30.2 Å². The Morgan fingerprint density at radius 3 is 2.59 bits per heavy atom. The van der Waals surface area contributed by atoms with Crippen LogP contribution in [0.2, 0.25) is 0 Å². The van der Waals surface area contributed by atoms with E-state index in [4.69, 9.17) is 0 Å². The Kier molecular flexibility index (Phi) is 4.45. The fraction of sp³-hybridized carbons (Fsp3) is 0.462. The van der Waals surface area contributed by atoms with Gasteiger partial charge in [0.15, 0.2) is 0 Å². The van der Waals surface area contributed by atoms with Crippen LogP contribution in [0.15, 0.2) is 29.2 Å². The first-order valence-corrected chi connectivity index (χ1v) is 6.51. The van der Waals surface area contributed by atoms with Gasteiger partial charge in [-0.05, 0) is 50.1 Å². The molecule has 1 amide bonds. The number of carbonyl (C=O) groups excluding carboxylic acids is 1. The van der Waals surface area contributed by atoms with Crippen molar-refractivity contribution >= 4 is 18.5 Å². The maximum atomic E-state index is 11.7. The molecule has 2 N–H and O–H groups in total. The maximum Gasteiger partial charge on any atom is 0.251 e. The van der Waals surface area contributed by atoms with Crippen LogP contribution in [0.4, 0.5) is 0 Å². The molecule has 0 aliphatic heterocycles. The Balaban J connectivity index is 1.64. The summed E-state index contributed by atoms with van der Waals surface area (Å²) in [6.45, 7) is 1.71. The second-order valence-corrected chi connectivity index (χ2v) is 4.90. The fourth-order valence-corrected chi connectivity index (χ4v) is 1.75. The van der Waals surface area contributed by atoms with E-state index in [-0.39, 0.29) is 5.91 Å². The van der Waals surface area contributed by atoms with Gasteiger partial charge in [0.05, 0.1) is 0 Å². The Morgan fingerprint density at radius 1 is 1.24 bits per heavy atom. The van der Waals surface area contributed by atoms with E-state index in [1.165, 1.54) is 12.8 Å². The van der Waals surface area contributed by atoms with Gasteiger partial charge >= 0.3 is 0 Å². The maximum absolute atomic E-state index is 11.7. The molecule has 2 rings (SSSR count). The van der Waals surface area contributed by atoms with Crippen molar-refractivity contribution < 1.29 is 4.79 Å². The summed E-state index contributed by atoms with van der Waals surface area (Å²) in [5.41, 5.74) is 0.693. The lowest BCUT2D eigenvalue weighted by molar-refractivity contribution is 0.0953. The molecule has 1 aliphatic carbocycles. The number of thiol groups is 1. The molecule has 92 valence electrons. The van der Waals surface area contributed by atoms with E-state index in [0.717, 1.165) is 30.4 Å². The van der Waals surface area contributed by atoms with E-state index in [0.29, 0.717) is 5.56 Å². The Bertz CT molecular complexity index is 374. The highest BCUT2D eigenvalue weighted by molar-refractivity contribution is 7.80. The van der Waals surface area contributed by atoms with Gasteiger partial charge in [-0.2, -0.15) is 0 Å². The number of carbonyl (C=O) groups is 1. The van der Waals surface area contributed by atoms with Gasteiger partial charge in [0.2, 0.25) is 0 Å². The van der Waals surface area contributed by atoms with Crippen LogP contribution in [0.25, 0.3) is 0 Å². The van der Waals surface area contributed by atoms with Crippen molar-refractivity contribution in [1.82, 2.24) is 10.6 Å². The van der Waals surface area contributed by atoms with Crippen LogP contribution >= 0.6 is 12.6 Å². The summed E-state index contributed by atoms with van der Waals surface area (Å²) in [4.78, 5) is 12.6. The number of nitrogens with one attached hydrogen (secondary N) is 2. The van der Waals surface area contributed by atoms with E-state index >= 15 is 0 Å². The zero-order valence-corrected chi connectivity index (χ0v) is 10.7. The predicted octanol–water partition coefficient (Wildman–Crippen LogP) is 1.85. The van der Waals surface area contributed by atoms with Crippen LogP contribution in [0, 0.1) is 0 Å². The van der Waals surface area contributed by atoms with E-state index < -0.39 is 0 Å². The molecule has 1 fully saturated rings. The molecular formula is C13H18N2OS. The van der Waals surface area contributed by atoms with Gasteiger partial charge in [-0.25, -0.2) is 0 Å². The standard InChI is InChI=1S/C13H18N2OS/c16-13(10-2-6-12(17)7-3-10)15-9-1-8-14-11-4-5-11/h2-3,6-7,11,14,17H,1,4-5,8-9H2,(H,15,16). The van der Waals surface area contributed by atoms with Crippen molar-refractivity contribution in [1.29, 1.82) is 0 Å². The number of rotatable bonds is 6. The zero-order chi connectivity index (χ0) is 12.1. The van der Waals surface area contributed by atoms with Crippen molar-refractivity contribution in [2.75, 3.05) is 13.1 Å². The third-order valence-electron chi connectivity index (χ3n) is 2.78. The normalized spacial score (nSPS) is 14.6. The Hall–Kier alpha value is -1.00. The van der Waals surface area contributed by atoms with Crippen LogP contribution < -0.4 is 10.6 Å². The fourth-order valence-electron chi connectivity index (χ4n) is 1.60. The lowest BCUT2D eigenvalue weighted by Crippen LogP contribution is -2.27. The first kappa shape index (κ1) is 12.5. The third-order valence-corrected chi connectivity index (χ3v) is 3.08. The van der Waals surface area contributed by atoms with Crippen LogP contribution in [-0.4, -0.2) is 25.0 Å². The summed E-state index contributed by atoms with van der Waals surface area (Å²) in [7, 11) is 0. The number of hydrogen-bond donors (Lipinski definition) is 3. The minimum atomic E-state index is -0.00949. The van der Waals surface area contributed by atoms with Crippen molar-refractivity contribution in [3.8, 4) is 0 Å². The molecule has 0 unspecified atom stereocenters. The monoisotopic (exact) mass is 250 g/mol. The van der Waals surface area contributed by atoms with E-state index in [1.807, 2.05) is 12.1 Å². The second-order valence-electron chi connectivity index (χ2n) is 4.38. The van der Waals surface area contributed by atoms with Gasteiger partial charge in [-0.15, -0.1) is 12.6 Å². The zero-order valence-electron chi connectivity index (χ0n) is 9.78. The minimum absolute atomic E-state index is 0.00949. The van der Waals surface area contributed by atoms with Gasteiger partial charge < -0.3 is 10.6 Å². The smallest absolute Gasteiger partial charge is 0.251 e. The topological polar surface area (TPSA) is 41.1 Å². The number of hydrogen-bond acceptors (Lipinski definition) is 3. The highest BCUT2D eigenvalue weighted by Gasteiger charge is 2.19. The van der Waals surface area contributed by atoms with Crippen molar-refractivity contribution in [2.24, 2.45) is 0 Å². The van der Waals surface area contributed by atoms with Crippen LogP contribution in [-0.2, 0) is 0 Å². The van der Waals surface area contributed by atoms with Gasteiger partial charge in [-0.3, -0.25) is 4.79 Å². The molecule has 0 atom stereocenters. The van der Waals surface area contributed by atoms with Crippen molar-refractivity contribution in [3.63, 3.8) is 0 Å². The van der Waals surface area contributed by atoms with Crippen LogP contribution in [0.5, 0.6) is 0 Å². The molecule has 0 saturated heterocycles. The average molecular weight is 250 g/mol. The quantitative estimate of drug-likeness (QED) is 0.533. The van der Waals surface area contributed by atoms with Gasteiger partial charge in [0, 0.05) is 23.0 Å². The molecule has 4 heteroatoms. The van der Waals surface area contributed by atoms with Crippen molar-refractivity contribution in [3.05, 3.63) is 29.8 Å². The number of amides is 1. The number of benzene rings is 1. The highest BCUT2D eigenvalue weighted by atomic mass is 32.1. The van der Waals surface area contributed by atoms with E-state index in [2.05, 4.69) is 23.3 Å². The average Bonchev–Trinajstić information content (AvgIpc) is 3.13. The molecule has 0 heterocycles. The summed E-state index contributed by atoms with van der Waals surface area (Å²) >= 11 is 4.18. The molecule has 3 nitrogen and oxygen atoms in total. The van der Waals surface area contributed by atoms with Crippen LogP contribution in [0.1, 0.15) is 29.6 Å².